The first-order valence-electron chi connectivity index (χ1n) is 5.54. The van der Waals surface area contributed by atoms with Crippen LogP contribution in [-0.4, -0.2) is 22.1 Å². The van der Waals surface area contributed by atoms with E-state index < -0.39 is 10.8 Å². The molecule has 0 saturated heterocycles. The van der Waals surface area contributed by atoms with Crippen molar-refractivity contribution in [3.63, 3.8) is 0 Å². The van der Waals surface area contributed by atoms with Gasteiger partial charge in [0.2, 0.25) is 0 Å². The molecule has 1 aliphatic heterocycles. The number of halogens is 1. The van der Waals surface area contributed by atoms with Crippen LogP contribution in [0.3, 0.4) is 0 Å². The predicted molar refractivity (Wildman–Crippen MR) is 73.1 cm³/mol. The normalized spacial score (nSPS) is 17.7. The van der Waals surface area contributed by atoms with Gasteiger partial charge >= 0.3 is 0 Å². The van der Waals surface area contributed by atoms with E-state index in [1.807, 2.05) is 0 Å². The number of hydrogen-bond acceptors (Lipinski definition) is 3. The number of benzene rings is 1. The van der Waals surface area contributed by atoms with Crippen LogP contribution in [0.1, 0.15) is 10.4 Å². The zero-order valence-electron chi connectivity index (χ0n) is 9.96. The molecule has 1 amide bonds. The van der Waals surface area contributed by atoms with Gasteiger partial charge in [-0.25, -0.2) is 9.19 Å². The molecule has 2 heterocycles. The Hall–Kier alpha value is -1.72. The molecule has 19 heavy (non-hydrogen) atoms. The molecule has 0 radical (unpaired) electrons. The molecule has 96 valence electrons. The van der Waals surface area contributed by atoms with Gasteiger partial charge in [-0.3, -0.25) is 4.79 Å². The van der Waals surface area contributed by atoms with Crippen molar-refractivity contribution in [2.45, 2.75) is 9.79 Å². The number of hydrogen-bond donors (Lipinski definition) is 0. The van der Waals surface area contributed by atoms with Crippen LogP contribution in [0, 0.1) is 0 Å². The number of anilines is 1. The highest BCUT2D eigenvalue weighted by Gasteiger charge is 2.28. The fourth-order valence-electron chi connectivity index (χ4n) is 2.02. The molecule has 1 aliphatic rings. The molecule has 6 heteroatoms. The first-order chi connectivity index (χ1) is 9.09. The standard InChI is InChI=1S/C13H9ClN2O2S/c1-16-9-7-15-12(14)6-11(9)19(18)10-5-3-2-4-8(10)13(16)17/h2-7H,1H3. The summed E-state index contributed by atoms with van der Waals surface area (Å²) in [5.74, 6) is -0.202. The summed E-state index contributed by atoms with van der Waals surface area (Å²) in [5.41, 5.74) is 0.958. The lowest BCUT2D eigenvalue weighted by atomic mass is 10.2. The van der Waals surface area contributed by atoms with E-state index in [0.717, 1.165) is 0 Å². The zero-order valence-corrected chi connectivity index (χ0v) is 11.5. The van der Waals surface area contributed by atoms with E-state index in [0.29, 0.717) is 21.0 Å². The van der Waals surface area contributed by atoms with E-state index in [-0.39, 0.29) is 11.1 Å². The van der Waals surface area contributed by atoms with Gasteiger partial charge in [0.25, 0.3) is 5.91 Å². The van der Waals surface area contributed by atoms with Crippen molar-refractivity contribution in [1.29, 1.82) is 0 Å². The highest BCUT2D eigenvalue weighted by atomic mass is 35.5. The van der Waals surface area contributed by atoms with Crippen molar-refractivity contribution in [2.75, 3.05) is 11.9 Å². The van der Waals surface area contributed by atoms with E-state index in [1.165, 1.54) is 11.1 Å². The highest BCUT2D eigenvalue weighted by molar-refractivity contribution is 7.85. The second kappa shape index (κ2) is 4.43. The van der Waals surface area contributed by atoms with Crippen molar-refractivity contribution in [2.24, 2.45) is 0 Å². The van der Waals surface area contributed by atoms with Gasteiger partial charge in [-0.1, -0.05) is 23.7 Å². The Balaban J connectivity index is 2.35. The number of nitrogens with zero attached hydrogens (tertiary/aromatic N) is 2. The zero-order chi connectivity index (χ0) is 13.6. The molecule has 1 aromatic carbocycles. The van der Waals surface area contributed by atoms with Crippen LogP contribution >= 0.6 is 11.6 Å². The topological polar surface area (TPSA) is 50.3 Å². The Morgan fingerprint density at radius 3 is 2.79 bits per heavy atom. The predicted octanol–water partition coefficient (Wildman–Crippen LogP) is 2.49. The van der Waals surface area contributed by atoms with Crippen LogP contribution in [0.5, 0.6) is 0 Å². The van der Waals surface area contributed by atoms with Gasteiger partial charge in [0.05, 0.1) is 38.0 Å². The lowest BCUT2D eigenvalue weighted by molar-refractivity contribution is 0.0990. The van der Waals surface area contributed by atoms with Crippen LogP contribution in [0.2, 0.25) is 5.15 Å². The first kappa shape index (κ1) is 12.3. The second-order valence-electron chi connectivity index (χ2n) is 4.10. The maximum absolute atomic E-state index is 12.6. The molecule has 1 aromatic heterocycles. The second-order valence-corrected chi connectivity index (χ2v) is 5.91. The minimum Gasteiger partial charge on any atom is -0.309 e. The maximum atomic E-state index is 12.6. The number of rotatable bonds is 0. The van der Waals surface area contributed by atoms with Crippen molar-refractivity contribution >= 4 is 34.0 Å². The van der Waals surface area contributed by atoms with Gasteiger partial charge in [0, 0.05) is 7.05 Å². The van der Waals surface area contributed by atoms with Gasteiger partial charge in [-0.15, -0.1) is 0 Å². The van der Waals surface area contributed by atoms with Crippen molar-refractivity contribution in [1.82, 2.24) is 4.98 Å². The van der Waals surface area contributed by atoms with Crippen LogP contribution in [-0.2, 0) is 10.8 Å². The van der Waals surface area contributed by atoms with Crippen molar-refractivity contribution in [3.8, 4) is 0 Å². The molecular weight excluding hydrogens is 284 g/mol. The molecule has 1 atom stereocenters. The molecule has 2 aromatic rings. The number of fused-ring (bicyclic) bond motifs is 2. The smallest absolute Gasteiger partial charge is 0.259 e. The van der Waals surface area contributed by atoms with Gasteiger partial charge in [-0.05, 0) is 18.2 Å². The molecular formula is C13H9ClN2O2S. The van der Waals surface area contributed by atoms with E-state index in [4.69, 9.17) is 11.6 Å². The molecule has 0 N–H and O–H groups in total. The maximum Gasteiger partial charge on any atom is 0.259 e. The Morgan fingerprint density at radius 2 is 2.00 bits per heavy atom. The monoisotopic (exact) mass is 292 g/mol. The van der Waals surface area contributed by atoms with Gasteiger partial charge in [0.15, 0.2) is 0 Å². The first-order valence-corrected chi connectivity index (χ1v) is 7.07. The Bertz CT molecular complexity index is 718. The molecule has 0 saturated carbocycles. The molecule has 4 nitrogen and oxygen atoms in total. The van der Waals surface area contributed by atoms with Gasteiger partial charge in [-0.2, -0.15) is 0 Å². The number of pyridine rings is 1. The molecule has 0 fully saturated rings. The minimum atomic E-state index is -1.45. The van der Waals surface area contributed by atoms with Crippen LogP contribution < -0.4 is 4.90 Å². The largest absolute Gasteiger partial charge is 0.309 e. The fraction of sp³-hybridized carbons (Fsp3) is 0.0769. The quantitative estimate of drug-likeness (QED) is 0.701. The summed E-state index contributed by atoms with van der Waals surface area (Å²) >= 11 is 5.86. The lowest BCUT2D eigenvalue weighted by Gasteiger charge is -2.16. The highest BCUT2D eigenvalue weighted by Crippen LogP contribution is 2.33. The molecule has 0 bridgehead atoms. The average molecular weight is 293 g/mol. The Labute approximate surface area is 117 Å². The van der Waals surface area contributed by atoms with Gasteiger partial charge < -0.3 is 4.90 Å². The third-order valence-electron chi connectivity index (χ3n) is 3.00. The number of aromatic nitrogens is 1. The molecule has 1 unspecified atom stereocenters. The SMILES string of the molecule is CN1C(=O)c2ccccc2S(=O)c2cc(Cl)ncc21. The average Bonchev–Trinajstić information content (AvgIpc) is 2.51. The van der Waals surface area contributed by atoms with Crippen LogP contribution in [0.15, 0.2) is 46.3 Å². The van der Waals surface area contributed by atoms with Crippen molar-refractivity contribution < 1.29 is 9.00 Å². The minimum absolute atomic E-state index is 0.202. The summed E-state index contributed by atoms with van der Waals surface area (Å²) in [6.07, 6.45) is 1.47. The molecule has 3 rings (SSSR count). The third-order valence-corrected chi connectivity index (χ3v) is 4.68. The van der Waals surface area contributed by atoms with Crippen molar-refractivity contribution in [3.05, 3.63) is 47.2 Å². The summed E-state index contributed by atoms with van der Waals surface area (Å²) < 4.78 is 12.6. The summed E-state index contributed by atoms with van der Waals surface area (Å²) in [7, 11) is 0.189. The fourth-order valence-corrected chi connectivity index (χ4v) is 3.63. The number of amides is 1. The van der Waals surface area contributed by atoms with Crippen LogP contribution in [0.25, 0.3) is 0 Å². The number of carbonyl (C=O) groups excluding carboxylic acids is 1. The summed E-state index contributed by atoms with van der Waals surface area (Å²) in [5, 5.41) is 0.257. The Morgan fingerprint density at radius 1 is 1.26 bits per heavy atom. The summed E-state index contributed by atoms with van der Waals surface area (Å²) in [6.45, 7) is 0. The van der Waals surface area contributed by atoms with Gasteiger partial charge in [0.1, 0.15) is 5.15 Å². The third kappa shape index (κ3) is 1.86. The summed E-state index contributed by atoms with van der Waals surface area (Å²) in [4.78, 5) is 18.8. The lowest BCUT2D eigenvalue weighted by Crippen LogP contribution is -2.26. The Kier molecular flexibility index (Phi) is 2.88. The van der Waals surface area contributed by atoms with E-state index >= 15 is 0 Å². The molecule has 0 spiro atoms. The number of carbonyl (C=O) groups is 1. The van der Waals surface area contributed by atoms with E-state index in [9.17, 15) is 9.00 Å². The van der Waals surface area contributed by atoms with E-state index in [1.54, 1.807) is 37.4 Å². The summed E-state index contributed by atoms with van der Waals surface area (Å²) in [6, 6.07) is 8.42. The van der Waals surface area contributed by atoms with Crippen LogP contribution in [0.4, 0.5) is 5.69 Å². The molecule has 0 aliphatic carbocycles. The van der Waals surface area contributed by atoms with E-state index in [2.05, 4.69) is 4.98 Å².